The van der Waals surface area contributed by atoms with Crippen LogP contribution in [-0.4, -0.2) is 42.6 Å². The maximum absolute atomic E-state index is 6.75. The van der Waals surface area contributed by atoms with Gasteiger partial charge in [0.2, 0.25) is 0 Å². The number of hydrogen-bond acceptors (Lipinski definition) is 4. The van der Waals surface area contributed by atoms with Crippen LogP contribution in [-0.2, 0) is 4.74 Å². The van der Waals surface area contributed by atoms with Crippen molar-refractivity contribution in [1.82, 2.24) is 9.80 Å². The fourth-order valence-electron chi connectivity index (χ4n) is 6.60. The molecule has 3 aliphatic rings. The van der Waals surface area contributed by atoms with E-state index in [1.54, 1.807) is 0 Å². The molecular weight excluding hydrogens is 492 g/mol. The van der Waals surface area contributed by atoms with Gasteiger partial charge in [0.25, 0.3) is 0 Å². The van der Waals surface area contributed by atoms with E-state index in [1.807, 2.05) is 6.92 Å². The Morgan fingerprint density at radius 2 is 1.88 bits per heavy atom. The van der Waals surface area contributed by atoms with Crippen molar-refractivity contribution in [3.05, 3.63) is 76.7 Å². The van der Waals surface area contributed by atoms with Crippen LogP contribution in [0.3, 0.4) is 0 Å². The van der Waals surface area contributed by atoms with Gasteiger partial charge in [-0.05, 0) is 62.7 Å². The van der Waals surface area contributed by atoms with Crippen molar-refractivity contribution in [2.24, 2.45) is 10.8 Å². The van der Waals surface area contributed by atoms with E-state index in [0.717, 1.165) is 36.5 Å². The summed E-state index contributed by atoms with van der Waals surface area (Å²) < 4.78 is 12.6. The quantitative estimate of drug-likeness (QED) is 0.305. The van der Waals surface area contributed by atoms with Crippen molar-refractivity contribution in [2.75, 3.05) is 26.8 Å². The Labute approximate surface area is 243 Å². The average molecular weight is 545 g/mol. The van der Waals surface area contributed by atoms with Gasteiger partial charge >= 0.3 is 0 Å². The molecule has 1 saturated heterocycles. The summed E-state index contributed by atoms with van der Waals surface area (Å²) in [6, 6.07) is 6.89. The fraction of sp³-hybridized carbons (Fsp3) is 0.556. The van der Waals surface area contributed by atoms with Gasteiger partial charge < -0.3 is 19.3 Å². The highest BCUT2D eigenvalue weighted by molar-refractivity contribution is 5.70. The minimum absolute atomic E-state index is 0.0573. The molecule has 40 heavy (non-hydrogen) atoms. The van der Waals surface area contributed by atoms with Crippen LogP contribution in [0.15, 0.2) is 66.2 Å². The van der Waals surface area contributed by atoms with Gasteiger partial charge in [0, 0.05) is 41.2 Å². The molecule has 1 unspecified atom stereocenters. The molecule has 0 spiro atoms. The Bertz CT molecular complexity index is 1320. The first-order valence-electron chi connectivity index (χ1n) is 15.4. The lowest BCUT2D eigenvalue weighted by molar-refractivity contribution is 0.0474. The number of ether oxygens (including phenoxy) is 2. The van der Waals surface area contributed by atoms with E-state index in [9.17, 15) is 0 Å². The van der Waals surface area contributed by atoms with E-state index in [-0.39, 0.29) is 11.5 Å². The monoisotopic (exact) mass is 544 g/mol. The first-order valence-corrected chi connectivity index (χ1v) is 15.4. The molecule has 1 saturated carbocycles. The molecule has 2 fully saturated rings. The van der Waals surface area contributed by atoms with Crippen molar-refractivity contribution in [1.29, 1.82) is 0 Å². The highest BCUT2D eigenvalue weighted by Gasteiger charge is 2.40. The molecule has 4 rings (SSSR count). The third-order valence-electron chi connectivity index (χ3n) is 9.20. The Hall–Kier alpha value is -2.88. The zero-order valence-electron chi connectivity index (χ0n) is 26.5. The van der Waals surface area contributed by atoms with Crippen LogP contribution in [0, 0.1) is 10.8 Å². The molecule has 1 aromatic rings. The minimum atomic E-state index is 0.0573. The van der Waals surface area contributed by atoms with Crippen LogP contribution in [0.25, 0.3) is 11.3 Å². The maximum atomic E-state index is 6.75. The number of fused-ring (bicyclic) bond motifs is 1. The molecule has 0 radical (unpaired) electrons. The number of benzene rings is 1. The van der Waals surface area contributed by atoms with Crippen molar-refractivity contribution in [3.8, 4) is 5.75 Å². The number of allylic oxidation sites excluding steroid dienone is 2. The summed E-state index contributed by atoms with van der Waals surface area (Å²) in [5.41, 5.74) is 6.06. The van der Waals surface area contributed by atoms with E-state index >= 15 is 0 Å². The van der Waals surface area contributed by atoms with Crippen molar-refractivity contribution < 1.29 is 9.47 Å². The van der Waals surface area contributed by atoms with Gasteiger partial charge in [0.05, 0.1) is 30.6 Å². The lowest BCUT2D eigenvalue weighted by Crippen LogP contribution is -2.55. The maximum Gasteiger partial charge on any atom is 0.127 e. The van der Waals surface area contributed by atoms with Gasteiger partial charge in [-0.15, -0.1) is 0 Å². The molecule has 218 valence electrons. The van der Waals surface area contributed by atoms with Crippen LogP contribution >= 0.6 is 0 Å². The average Bonchev–Trinajstić information content (AvgIpc) is 2.88. The third-order valence-corrected chi connectivity index (χ3v) is 9.20. The number of rotatable bonds is 9. The predicted octanol–water partition coefficient (Wildman–Crippen LogP) is 7.27. The van der Waals surface area contributed by atoms with Gasteiger partial charge in [0.15, 0.2) is 0 Å². The zero-order valence-corrected chi connectivity index (χ0v) is 26.5. The first kappa shape index (κ1) is 30.1. The van der Waals surface area contributed by atoms with E-state index in [1.165, 1.54) is 59.5 Å². The second kappa shape index (κ2) is 11.9. The highest BCUT2D eigenvalue weighted by Crippen LogP contribution is 2.45. The molecule has 0 bridgehead atoms. The predicted molar refractivity (Wildman–Crippen MR) is 169 cm³/mol. The van der Waals surface area contributed by atoms with Gasteiger partial charge in [-0.3, -0.25) is 0 Å². The van der Waals surface area contributed by atoms with E-state index in [4.69, 9.17) is 9.47 Å². The van der Waals surface area contributed by atoms with Crippen molar-refractivity contribution >= 4 is 11.3 Å². The Morgan fingerprint density at radius 3 is 2.45 bits per heavy atom. The molecule has 2 aliphatic heterocycles. The van der Waals surface area contributed by atoms with Gasteiger partial charge in [0.1, 0.15) is 11.5 Å². The van der Waals surface area contributed by atoms with Crippen LogP contribution in [0.2, 0.25) is 0 Å². The SMILES string of the molecule is C=C1C=C2/C(=c3\cccc(OCC4(CCC)CCC4)c3=C(C)CC)N(C)CC(C(C)(C)C)N2C=C1C(=C)OCC. The summed E-state index contributed by atoms with van der Waals surface area (Å²) in [6.07, 6.45) is 11.8. The minimum Gasteiger partial charge on any atom is -0.494 e. The third kappa shape index (κ3) is 5.78. The molecule has 1 aromatic carbocycles. The van der Waals surface area contributed by atoms with Gasteiger partial charge in [-0.1, -0.05) is 78.3 Å². The molecule has 0 aromatic heterocycles. The molecule has 4 heteroatoms. The van der Waals surface area contributed by atoms with E-state index < -0.39 is 0 Å². The smallest absolute Gasteiger partial charge is 0.127 e. The summed E-state index contributed by atoms with van der Waals surface area (Å²) >= 11 is 0. The lowest BCUT2D eigenvalue weighted by atomic mass is 9.67. The molecule has 1 atom stereocenters. The largest absolute Gasteiger partial charge is 0.494 e. The normalized spacial score (nSPS) is 22.6. The summed E-state index contributed by atoms with van der Waals surface area (Å²) in [5.74, 6) is 1.69. The molecule has 0 N–H and O–H groups in total. The fourth-order valence-corrected chi connectivity index (χ4v) is 6.60. The second-order valence-electron chi connectivity index (χ2n) is 13.2. The molecule has 2 heterocycles. The summed E-state index contributed by atoms with van der Waals surface area (Å²) in [4.78, 5) is 4.89. The zero-order chi connectivity index (χ0) is 29.2. The number of piperazine rings is 1. The van der Waals surface area contributed by atoms with E-state index in [0.29, 0.717) is 17.8 Å². The van der Waals surface area contributed by atoms with Crippen LogP contribution in [0.4, 0.5) is 0 Å². The standard InChI is InChI=1S/C36H52N2O2/c1-11-18-36(19-15-20-36)24-40-31-17-14-16-28(33(31)25(4)12-2)34-30-21-26(5)29(27(6)39-13-3)22-38(30)32(23-37(34)10)35(7,8)9/h14,16-17,21-22,32H,5-6,11-13,15,18-20,23-24H2,1-4,7-10H3/b33-25?,34-28-. The highest BCUT2D eigenvalue weighted by atomic mass is 16.5. The Kier molecular flexibility index (Phi) is 8.97. The van der Waals surface area contributed by atoms with Gasteiger partial charge in [-0.2, -0.15) is 0 Å². The van der Waals surface area contributed by atoms with Crippen molar-refractivity contribution in [3.63, 3.8) is 0 Å². The van der Waals surface area contributed by atoms with Crippen LogP contribution in [0.5, 0.6) is 5.75 Å². The Balaban J connectivity index is 1.91. The summed E-state index contributed by atoms with van der Waals surface area (Å²) in [5, 5.41) is 2.47. The Morgan fingerprint density at radius 1 is 1.15 bits per heavy atom. The second-order valence-corrected chi connectivity index (χ2v) is 13.2. The van der Waals surface area contributed by atoms with Crippen molar-refractivity contribution in [2.45, 2.75) is 93.0 Å². The topological polar surface area (TPSA) is 24.9 Å². The number of likely N-dealkylation sites (N-methyl/N-ethyl adjacent to an activating group) is 1. The van der Waals surface area contributed by atoms with E-state index in [2.05, 4.69) is 102 Å². The summed E-state index contributed by atoms with van der Waals surface area (Å²) in [7, 11) is 2.23. The summed E-state index contributed by atoms with van der Waals surface area (Å²) in [6.45, 7) is 26.7. The number of hydrogen-bond donors (Lipinski definition) is 0. The molecule has 4 nitrogen and oxygen atoms in total. The van der Waals surface area contributed by atoms with Crippen LogP contribution < -0.4 is 15.2 Å². The first-order chi connectivity index (χ1) is 19.0. The van der Waals surface area contributed by atoms with Gasteiger partial charge in [-0.25, -0.2) is 0 Å². The van der Waals surface area contributed by atoms with Crippen LogP contribution in [0.1, 0.15) is 87.0 Å². The number of nitrogens with zero attached hydrogens (tertiary/aromatic N) is 2. The molecule has 1 aliphatic carbocycles. The lowest BCUT2D eigenvalue weighted by Gasteiger charge is -2.50. The molecule has 0 amide bonds. The molecular formula is C36H52N2O2.